The third-order valence-corrected chi connectivity index (χ3v) is 4.32. The minimum absolute atomic E-state index is 0.130. The molecule has 0 spiro atoms. The highest BCUT2D eigenvalue weighted by molar-refractivity contribution is 5.73. The minimum atomic E-state index is -0.349. The van der Waals surface area contributed by atoms with Crippen LogP contribution in [0.15, 0.2) is 6.20 Å². The van der Waals surface area contributed by atoms with Gasteiger partial charge in [0, 0.05) is 30.4 Å². The number of rotatable bonds is 13. The molecule has 6 heteroatoms. The Morgan fingerprint density at radius 2 is 1.93 bits per heavy atom. The minimum Gasteiger partial charge on any atom is -0.424 e. The summed E-state index contributed by atoms with van der Waals surface area (Å²) in [6.07, 6.45) is 14.7. The molecular formula is C22H29NO5. The Morgan fingerprint density at radius 3 is 2.54 bits per heavy atom. The maximum atomic E-state index is 12.3. The Morgan fingerprint density at radius 1 is 1.25 bits per heavy atom. The Kier molecular flexibility index (Phi) is 11.6. The van der Waals surface area contributed by atoms with Gasteiger partial charge in [0.25, 0.3) is 0 Å². The van der Waals surface area contributed by atoms with Gasteiger partial charge in [-0.3, -0.25) is 9.78 Å². The lowest BCUT2D eigenvalue weighted by Crippen LogP contribution is -2.14. The van der Waals surface area contributed by atoms with E-state index in [0.717, 1.165) is 18.4 Å². The van der Waals surface area contributed by atoms with Crippen molar-refractivity contribution in [2.45, 2.75) is 52.7 Å². The highest BCUT2D eigenvalue weighted by Crippen LogP contribution is 2.27. The lowest BCUT2D eigenvalue weighted by Gasteiger charge is -2.16. The van der Waals surface area contributed by atoms with E-state index in [2.05, 4.69) is 16.8 Å². The molecule has 6 nitrogen and oxygen atoms in total. The van der Waals surface area contributed by atoms with Gasteiger partial charge in [-0.05, 0) is 25.7 Å². The fourth-order valence-corrected chi connectivity index (χ4v) is 2.65. The molecule has 1 heterocycles. The smallest absolute Gasteiger partial charge is 0.311 e. The van der Waals surface area contributed by atoms with Gasteiger partial charge in [-0.1, -0.05) is 25.2 Å². The van der Waals surface area contributed by atoms with Crippen molar-refractivity contribution in [3.63, 3.8) is 0 Å². The first kappa shape index (κ1) is 23.7. The van der Waals surface area contributed by atoms with Crippen LogP contribution < -0.4 is 4.74 Å². The summed E-state index contributed by atoms with van der Waals surface area (Å²) in [4.78, 5) is 16.6. The zero-order valence-corrected chi connectivity index (χ0v) is 16.7. The number of ether oxygens (including phenoxy) is 3. The number of aliphatic hydroxyl groups excluding tert-OH is 1. The van der Waals surface area contributed by atoms with Crippen molar-refractivity contribution in [3.05, 3.63) is 23.0 Å². The van der Waals surface area contributed by atoms with Crippen LogP contribution in [0.25, 0.3) is 0 Å². The lowest BCUT2D eigenvalue weighted by molar-refractivity contribution is -0.134. The van der Waals surface area contributed by atoms with E-state index >= 15 is 0 Å². The van der Waals surface area contributed by atoms with E-state index in [1.807, 2.05) is 6.92 Å². The molecule has 28 heavy (non-hydrogen) atoms. The largest absolute Gasteiger partial charge is 0.424 e. The van der Waals surface area contributed by atoms with Crippen molar-refractivity contribution in [1.82, 2.24) is 4.98 Å². The Bertz CT molecular complexity index is 698. The molecule has 0 radical (unpaired) electrons. The zero-order valence-electron chi connectivity index (χ0n) is 16.7. The van der Waals surface area contributed by atoms with Gasteiger partial charge in [0.05, 0.1) is 18.9 Å². The van der Waals surface area contributed by atoms with Crippen LogP contribution in [-0.2, 0) is 27.5 Å². The fourth-order valence-electron chi connectivity index (χ4n) is 2.65. The summed E-state index contributed by atoms with van der Waals surface area (Å²) in [5, 5.41) is 9.24. The second-order valence-electron chi connectivity index (χ2n) is 6.39. The van der Waals surface area contributed by atoms with Crippen LogP contribution in [0.4, 0.5) is 0 Å². The number of nitrogens with zero attached hydrogens (tertiary/aromatic N) is 1. The number of esters is 1. The van der Waals surface area contributed by atoms with Gasteiger partial charge in [-0.25, -0.2) is 0 Å². The van der Waals surface area contributed by atoms with E-state index in [0.29, 0.717) is 23.4 Å². The lowest BCUT2D eigenvalue weighted by atomic mass is 10.0. The van der Waals surface area contributed by atoms with Crippen LogP contribution in [0.2, 0.25) is 0 Å². The molecule has 0 saturated heterocycles. The van der Waals surface area contributed by atoms with Crippen LogP contribution >= 0.6 is 0 Å². The second-order valence-corrected chi connectivity index (χ2v) is 6.39. The van der Waals surface area contributed by atoms with Crippen molar-refractivity contribution >= 4 is 5.97 Å². The second kappa shape index (κ2) is 13.7. The summed E-state index contributed by atoms with van der Waals surface area (Å²) in [5.74, 6) is 5.05. The van der Waals surface area contributed by atoms with Gasteiger partial charge >= 0.3 is 5.97 Å². The summed E-state index contributed by atoms with van der Waals surface area (Å²) < 4.78 is 16.5. The maximum Gasteiger partial charge on any atom is 0.311 e. The molecule has 0 aliphatic rings. The van der Waals surface area contributed by atoms with E-state index in [1.54, 1.807) is 13.1 Å². The van der Waals surface area contributed by atoms with E-state index in [-0.39, 0.29) is 51.3 Å². The summed E-state index contributed by atoms with van der Waals surface area (Å²) >= 11 is 0. The van der Waals surface area contributed by atoms with Crippen LogP contribution in [0.5, 0.6) is 5.75 Å². The molecule has 1 N–H and O–H groups in total. The number of aliphatic hydroxyl groups is 1. The van der Waals surface area contributed by atoms with Crippen molar-refractivity contribution in [3.8, 4) is 30.4 Å². The Labute approximate surface area is 167 Å². The molecule has 1 unspecified atom stereocenters. The number of hydrogen-bond acceptors (Lipinski definition) is 6. The van der Waals surface area contributed by atoms with E-state index in [1.165, 1.54) is 0 Å². The van der Waals surface area contributed by atoms with Gasteiger partial charge in [-0.15, -0.1) is 12.8 Å². The average molecular weight is 387 g/mol. The summed E-state index contributed by atoms with van der Waals surface area (Å²) in [5.41, 5.74) is 1.98. The Balaban J connectivity index is 2.88. The average Bonchev–Trinajstić information content (AvgIpc) is 2.69. The fraction of sp³-hybridized carbons (Fsp3) is 0.545. The van der Waals surface area contributed by atoms with Crippen molar-refractivity contribution < 1.29 is 24.1 Å². The summed E-state index contributed by atoms with van der Waals surface area (Å²) in [6.45, 7) is 4.61. The predicted molar refractivity (Wildman–Crippen MR) is 106 cm³/mol. The molecular weight excluding hydrogens is 358 g/mol. The maximum absolute atomic E-state index is 12.3. The molecule has 1 rings (SSSR count). The van der Waals surface area contributed by atoms with Gasteiger partial charge in [0.2, 0.25) is 0 Å². The van der Waals surface area contributed by atoms with Gasteiger partial charge in [0.1, 0.15) is 13.2 Å². The van der Waals surface area contributed by atoms with Gasteiger partial charge < -0.3 is 19.3 Å². The first-order valence-electron chi connectivity index (χ1n) is 9.38. The first-order valence-corrected chi connectivity index (χ1v) is 9.38. The number of aromatic nitrogens is 1. The number of pyridine rings is 1. The number of carbonyl (C=O) groups is 1. The van der Waals surface area contributed by atoms with Gasteiger partial charge in [0.15, 0.2) is 5.75 Å². The predicted octanol–water partition coefficient (Wildman–Crippen LogP) is 2.78. The highest BCUT2D eigenvalue weighted by atomic mass is 16.5. The van der Waals surface area contributed by atoms with Gasteiger partial charge in [-0.2, -0.15) is 0 Å². The molecule has 1 atom stereocenters. The quantitative estimate of drug-likeness (QED) is 0.319. The van der Waals surface area contributed by atoms with Crippen LogP contribution in [0.1, 0.15) is 49.4 Å². The molecule has 0 aliphatic heterocycles. The molecule has 0 aliphatic carbocycles. The molecule has 0 bridgehead atoms. The topological polar surface area (TPSA) is 77.9 Å². The Hall–Kier alpha value is -2.38. The zero-order chi connectivity index (χ0) is 20.8. The van der Waals surface area contributed by atoms with Crippen molar-refractivity contribution in [1.29, 1.82) is 0 Å². The highest BCUT2D eigenvalue weighted by Gasteiger charge is 2.18. The van der Waals surface area contributed by atoms with Crippen LogP contribution in [0, 0.1) is 37.5 Å². The third-order valence-electron chi connectivity index (χ3n) is 4.32. The normalized spacial score (nSPS) is 11.5. The van der Waals surface area contributed by atoms with Crippen molar-refractivity contribution in [2.75, 3.05) is 19.8 Å². The molecule has 152 valence electrons. The molecule has 1 aromatic rings. The SMILES string of the molecule is C#CCOCc1cnc(C)c(OC(=O)CCCC(CC)CO)c1COCC#C. The monoisotopic (exact) mass is 387 g/mol. The third kappa shape index (κ3) is 8.10. The van der Waals surface area contributed by atoms with E-state index in [9.17, 15) is 9.90 Å². The first-order chi connectivity index (χ1) is 13.6. The number of hydrogen-bond donors (Lipinski definition) is 1. The van der Waals surface area contributed by atoms with Crippen LogP contribution in [-0.4, -0.2) is 35.9 Å². The molecule has 0 amide bonds. The standard InChI is InChI=1S/C22H29NO5/c1-5-11-26-15-19-13-23-17(4)22(20(19)16-27-12-6-2)28-21(25)10-8-9-18(7-3)14-24/h1-2,13,18,24H,7-12,14-16H2,3-4H3. The summed E-state index contributed by atoms with van der Waals surface area (Å²) in [6, 6.07) is 0. The molecule has 0 fully saturated rings. The number of terminal acetylenes is 2. The number of aryl methyl sites for hydroxylation is 1. The summed E-state index contributed by atoms with van der Waals surface area (Å²) in [7, 11) is 0. The molecule has 0 saturated carbocycles. The van der Waals surface area contributed by atoms with Crippen molar-refractivity contribution in [2.24, 2.45) is 5.92 Å². The molecule has 1 aromatic heterocycles. The van der Waals surface area contributed by atoms with E-state index < -0.39 is 0 Å². The van der Waals surface area contributed by atoms with E-state index in [4.69, 9.17) is 27.1 Å². The molecule has 0 aromatic carbocycles. The number of carbonyl (C=O) groups excluding carboxylic acids is 1. The van der Waals surface area contributed by atoms with Crippen LogP contribution in [0.3, 0.4) is 0 Å².